The van der Waals surface area contributed by atoms with Crippen molar-refractivity contribution in [2.45, 2.75) is 56.3 Å². The largest absolute Gasteiger partial charge is 0.493 e. The van der Waals surface area contributed by atoms with Gasteiger partial charge in [-0.1, -0.05) is 6.07 Å². The van der Waals surface area contributed by atoms with Crippen LogP contribution in [0.15, 0.2) is 12.1 Å². The molecule has 1 aromatic carbocycles. The molecule has 1 saturated carbocycles. The molecular weight excluding hydrogens is 330 g/mol. The number of piperidine rings is 1. The summed E-state index contributed by atoms with van der Waals surface area (Å²) in [5, 5.41) is 11.2. The predicted octanol–water partition coefficient (Wildman–Crippen LogP) is 1.93. The predicted molar refractivity (Wildman–Crippen MR) is 96.7 cm³/mol. The number of rotatable bonds is 3. The minimum atomic E-state index is -0.609. The number of nitrogens with zero attached hydrogens (tertiary/aromatic N) is 1. The molecule has 2 heterocycles. The molecule has 1 aromatic rings. The Morgan fingerprint density at radius 2 is 2.27 bits per heavy atom. The fourth-order valence-corrected chi connectivity index (χ4v) is 6.51. The summed E-state index contributed by atoms with van der Waals surface area (Å²) < 4.78 is 12.0. The van der Waals surface area contributed by atoms with Crippen LogP contribution < -0.4 is 9.47 Å². The van der Waals surface area contributed by atoms with Crippen LogP contribution in [0.5, 0.6) is 11.5 Å². The maximum atomic E-state index is 11.8. The summed E-state index contributed by atoms with van der Waals surface area (Å²) in [5.41, 5.74) is 2.49. The van der Waals surface area contributed by atoms with E-state index in [0.717, 1.165) is 37.3 Å². The topological polar surface area (TPSA) is 59.0 Å². The summed E-state index contributed by atoms with van der Waals surface area (Å²) in [6, 6.07) is 4.63. The number of aliphatic hydroxyl groups excluding tert-OH is 1. The highest BCUT2D eigenvalue weighted by Crippen LogP contribution is 2.64. The molecule has 2 aliphatic heterocycles. The van der Waals surface area contributed by atoms with Crippen molar-refractivity contribution in [1.29, 1.82) is 0 Å². The second-order valence-electron chi connectivity index (χ2n) is 8.71. The number of likely N-dealkylation sites (N-methyl/N-ethyl adjacent to an activating group) is 1. The number of carbonyl (C=O) groups excluding carboxylic acids is 1. The van der Waals surface area contributed by atoms with Gasteiger partial charge in [0.05, 0.1) is 13.2 Å². The molecule has 0 amide bonds. The van der Waals surface area contributed by atoms with Crippen molar-refractivity contribution in [3.63, 3.8) is 0 Å². The number of ether oxygens (including phenoxy) is 2. The zero-order valence-corrected chi connectivity index (χ0v) is 15.7. The Balaban J connectivity index is 1.70. The lowest BCUT2D eigenvalue weighted by atomic mass is 9.49. The quantitative estimate of drug-likeness (QED) is 0.896. The molecular formula is C21H27NO4. The average Bonchev–Trinajstić information content (AvgIpc) is 2.95. The Hall–Kier alpha value is -1.59. The van der Waals surface area contributed by atoms with E-state index in [9.17, 15) is 9.90 Å². The van der Waals surface area contributed by atoms with Gasteiger partial charge in [-0.2, -0.15) is 0 Å². The summed E-state index contributed by atoms with van der Waals surface area (Å²) in [6.07, 6.45) is 2.45. The van der Waals surface area contributed by atoms with Crippen molar-refractivity contribution in [3.8, 4) is 11.5 Å². The van der Waals surface area contributed by atoms with Crippen molar-refractivity contribution >= 4 is 5.78 Å². The molecule has 2 aliphatic carbocycles. The Morgan fingerprint density at radius 3 is 3.00 bits per heavy atom. The van der Waals surface area contributed by atoms with Crippen molar-refractivity contribution < 1.29 is 19.4 Å². The number of hydrogen-bond donors (Lipinski definition) is 1. The monoisotopic (exact) mass is 357 g/mol. The number of likely N-dealkylation sites (tertiary alicyclic amines) is 1. The second-order valence-corrected chi connectivity index (χ2v) is 8.71. The smallest absolute Gasteiger partial charge is 0.165 e. The summed E-state index contributed by atoms with van der Waals surface area (Å²) in [7, 11) is 3.89. The Kier molecular flexibility index (Phi) is 3.48. The number of ketones is 1. The van der Waals surface area contributed by atoms with Crippen LogP contribution in [0.2, 0.25) is 0 Å². The van der Waals surface area contributed by atoms with E-state index in [4.69, 9.17) is 9.47 Å². The molecule has 5 heteroatoms. The van der Waals surface area contributed by atoms with E-state index in [2.05, 4.69) is 18.0 Å². The molecule has 140 valence electrons. The zero-order chi connectivity index (χ0) is 18.2. The molecule has 1 N–H and O–H groups in total. The molecule has 5 nitrogen and oxygen atoms in total. The van der Waals surface area contributed by atoms with Crippen LogP contribution in [0, 0.1) is 11.8 Å². The van der Waals surface area contributed by atoms with Gasteiger partial charge < -0.3 is 24.3 Å². The van der Waals surface area contributed by atoms with Gasteiger partial charge in [0, 0.05) is 23.4 Å². The van der Waals surface area contributed by atoms with Crippen LogP contribution >= 0.6 is 0 Å². The highest BCUT2D eigenvalue weighted by molar-refractivity contribution is 5.76. The number of methoxy groups -OCH3 is 1. The molecule has 2 bridgehead atoms. The molecule has 1 saturated heterocycles. The third-order valence-electron chi connectivity index (χ3n) is 7.54. The summed E-state index contributed by atoms with van der Waals surface area (Å²) in [6.45, 7) is 2.64. The van der Waals surface area contributed by atoms with Crippen LogP contribution in [0.25, 0.3) is 0 Å². The van der Waals surface area contributed by atoms with Crippen LogP contribution in [0.4, 0.5) is 0 Å². The van der Waals surface area contributed by atoms with E-state index >= 15 is 0 Å². The van der Waals surface area contributed by atoms with E-state index in [1.807, 2.05) is 6.07 Å². The van der Waals surface area contributed by atoms with Gasteiger partial charge >= 0.3 is 0 Å². The van der Waals surface area contributed by atoms with Gasteiger partial charge in [0.1, 0.15) is 11.9 Å². The molecule has 0 aromatic heterocycles. The third-order valence-corrected chi connectivity index (χ3v) is 7.54. The summed E-state index contributed by atoms with van der Waals surface area (Å²) in [5.74, 6) is 2.14. The number of hydrogen-bond acceptors (Lipinski definition) is 5. The van der Waals surface area contributed by atoms with E-state index in [1.54, 1.807) is 14.0 Å². The van der Waals surface area contributed by atoms with Crippen molar-refractivity contribution in [3.05, 3.63) is 23.3 Å². The fourth-order valence-electron chi connectivity index (χ4n) is 6.51. The van der Waals surface area contributed by atoms with Crippen LogP contribution in [-0.4, -0.2) is 54.7 Å². The second kappa shape index (κ2) is 5.46. The minimum absolute atomic E-state index is 0.0218. The first-order valence-electron chi connectivity index (χ1n) is 9.72. The lowest BCUT2D eigenvalue weighted by Gasteiger charge is -2.59. The molecule has 2 fully saturated rings. The molecule has 0 radical (unpaired) electrons. The van der Waals surface area contributed by atoms with Gasteiger partial charge in [-0.05, 0) is 63.2 Å². The maximum Gasteiger partial charge on any atom is 0.165 e. The summed E-state index contributed by atoms with van der Waals surface area (Å²) in [4.78, 5) is 14.3. The van der Waals surface area contributed by atoms with Gasteiger partial charge in [-0.3, -0.25) is 0 Å². The minimum Gasteiger partial charge on any atom is -0.493 e. The molecule has 4 aliphatic rings. The summed E-state index contributed by atoms with van der Waals surface area (Å²) >= 11 is 0. The van der Waals surface area contributed by atoms with Crippen LogP contribution in [-0.2, 0) is 16.6 Å². The first kappa shape index (κ1) is 16.6. The van der Waals surface area contributed by atoms with Crippen molar-refractivity contribution in [2.24, 2.45) is 11.8 Å². The lowest BCUT2D eigenvalue weighted by Crippen LogP contribution is -2.68. The van der Waals surface area contributed by atoms with Gasteiger partial charge in [0.15, 0.2) is 11.5 Å². The van der Waals surface area contributed by atoms with E-state index < -0.39 is 6.10 Å². The van der Waals surface area contributed by atoms with E-state index in [-0.39, 0.29) is 23.2 Å². The van der Waals surface area contributed by atoms with Gasteiger partial charge in [-0.15, -0.1) is 0 Å². The first-order valence-corrected chi connectivity index (χ1v) is 9.72. The lowest BCUT2D eigenvalue weighted by molar-refractivity contribution is -0.137. The SMILES string of the molecule is COc1ccc2c3c1O[C@H]1[C@@H](O)[C@@H](CC(C)=O)CC4C(C2)N(C)CCC341. The molecule has 6 atom stereocenters. The van der Waals surface area contributed by atoms with Crippen LogP contribution in [0.1, 0.15) is 37.3 Å². The van der Waals surface area contributed by atoms with Crippen molar-refractivity contribution in [1.82, 2.24) is 4.90 Å². The van der Waals surface area contributed by atoms with Crippen molar-refractivity contribution in [2.75, 3.05) is 20.7 Å². The number of carbonyl (C=O) groups is 1. The fraction of sp³-hybridized carbons (Fsp3) is 0.667. The Morgan fingerprint density at radius 1 is 1.46 bits per heavy atom. The van der Waals surface area contributed by atoms with Gasteiger partial charge in [0.2, 0.25) is 0 Å². The Bertz CT molecular complexity index is 778. The number of benzene rings is 1. The average molecular weight is 357 g/mol. The van der Waals surface area contributed by atoms with E-state index in [0.29, 0.717) is 18.4 Å². The van der Waals surface area contributed by atoms with Crippen LogP contribution in [0.3, 0.4) is 0 Å². The molecule has 3 unspecified atom stereocenters. The molecule has 5 rings (SSSR count). The first-order chi connectivity index (χ1) is 12.5. The molecule has 1 spiro atoms. The van der Waals surface area contributed by atoms with Gasteiger partial charge in [0.25, 0.3) is 0 Å². The number of aliphatic hydroxyl groups is 1. The number of Topliss-reactive ketones (excluding diaryl/α,β-unsaturated/α-hetero) is 1. The maximum absolute atomic E-state index is 11.8. The Labute approximate surface area is 154 Å². The standard InChI is InChI=1S/C21H27NO4/c1-11(23)8-13-9-14-15-10-12-4-5-16(25-3)19-17(12)21(14,6-7-22(15)2)20(26-19)18(13)24/h4-5,13-15,18,20,24H,6-10H2,1-3H3/t13-,14?,15?,18-,20-,21?/m0/s1. The van der Waals surface area contributed by atoms with E-state index in [1.165, 1.54) is 11.1 Å². The highest BCUT2D eigenvalue weighted by atomic mass is 16.5. The normalized spacial score (nSPS) is 39.9. The third kappa shape index (κ3) is 1.91. The zero-order valence-electron chi connectivity index (χ0n) is 15.7. The highest BCUT2D eigenvalue weighted by Gasteiger charge is 2.67. The van der Waals surface area contributed by atoms with Gasteiger partial charge in [-0.25, -0.2) is 0 Å². The molecule has 26 heavy (non-hydrogen) atoms.